The van der Waals surface area contributed by atoms with Crippen LogP contribution in [0.5, 0.6) is 5.88 Å². The van der Waals surface area contributed by atoms with Crippen LogP contribution in [0.2, 0.25) is 0 Å². The zero-order valence-corrected chi connectivity index (χ0v) is 18.6. The van der Waals surface area contributed by atoms with Gasteiger partial charge in [0.15, 0.2) is 0 Å². The Morgan fingerprint density at radius 1 is 1.18 bits per heavy atom. The van der Waals surface area contributed by atoms with Crippen molar-refractivity contribution in [3.8, 4) is 17.0 Å². The van der Waals surface area contributed by atoms with E-state index >= 15 is 0 Å². The molecule has 1 saturated carbocycles. The molecule has 1 amide bonds. The van der Waals surface area contributed by atoms with Gasteiger partial charge < -0.3 is 19.9 Å². The van der Waals surface area contributed by atoms with Crippen LogP contribution in [0.15, 0.2) is 36.8 Å². The van der Waals surface area contributed by atoms with Crippen molar-refractivity contribution < 1.29 is 9.53 Å². The summed E-state index contributed by atoms with van der Waals surface area (Å²) in [5, 5.41) is 8.63. The lowest BCUT2D eigenvalue weighted by molar-refractivity contribution is -0.130. The van der Waals surface area contributed by atoms with Gasteiger partial charge in [-0.3, -0.25) is 4.79 Å². The lowest BCUT2D eigenvalue weighted by atomic mass is 9.90. The van der Waals surface area contributed by atoms with E-state index in [2.05, 4.69) is 31.3 Å². The van der Waals surface area contributed by atoms with Crippen LogP contribution in [0.3, 0.4) is 0 Å². The molecule has 4 aromatic rings. The van der Waals surface area contributed by atoms with Gasteiger partial charge in [-0.2, -0.15) is 15.1 Å². The molecular weight excluding hydrogens is 418 g/mol. The number of fused-ring (bicyclic) bond motifs is 2. The van der Waals surface area contributed by atoms with E-state index in [1.54, 1.807) is 13.3 Å². The number of nitrogens with zero attached hydrogens (tertiary/aromatic N) is 5. The molecule has 0 spiro atoms. The van der Waals surface area contributed by atoms with E-state index in [0.29, 0.717) is 36.2 Å². The zero-order chi connectivity index (χ0) is 22.4. The summed E-state index contributed by atoms with van der Waals surface area (Å²) in [7, 11) is 1.64. The Bertz CT molecular complexity index is 1320. The number of aromatic nitrogens is 5. The lowest BCUT2D eigenvalue weighted by Crippen LogP contribution is -2.41. The molecule has 1 aliphatic carbocycles. The molecule has 5 heterocycles. The molecule has 2 fully saturated rings. The Kier molecular flexibility index (Phi) is 4.89. The molecule has 0 atom stereocenters. The highest BCUT2D eigenvalue weighted by Gasteiger charge is 2.31. The number of pyridine rings is 1. The molecule has 9 nitrogen and oxygen atoms in total. The number of rotatable bonds is 5. The standard InChI is InChI=1S/C24H27N7O2/c1-33-23-21-19(15-9-12-31-18(13-15)8-10-26-31)14-25-22(21)28-24(29-23)27-16-4-6-17(7-5-16)30-11-2-3-20(30)32/h8-10,12-14,16-17H,2-7,11H2,1H3,(H2,25,27,28,29). The molecule has 9 heteroatoms. The van der Waals surface area contributed by atoms with Gasteiger partial charge in [0.1, 0.15) is 5.65 Å². The number of anilines is 1. The Balaban J connectivity index is 1.23. The van der Waals surface area contributed by atoms with E-state index in [0.717, 1.165) is 66.3 Å². The fraction of sp³-hybridized carbons (Fsp3) is 0.417. The van der Waals surface area contributed by atoms with Crippen molar-refractivity contribution in [2.24, 2.45) is 0 Å². The Morgan fingerprint density at radius 3 is 2.85 bits per heavy atom. The molecule has 6 rings (SSSR count). The number of H-pyrrole nitrogens is 1. The number of amides is 1. The van der Waals surface area contributed by atoms with Crippen LogP contribution < -0.4 is 10.1 Å². The summed E-state index contributed by atoms with van der Waals surface area (Å²) >= 11 is 0. The van der Waals surface area contributed by atoms with Crippen LogP contribution in [0.4, 0.5) is 5.95 Å². The first-order valence-corrected chi connectivity index (χ1v) is 11.6. The molecule has 33 heavy (non-hydrogen) atoms. The minimum Gasteiger partial charge on any atom is -0.480 e. The molecule has 170 valence electrons. The van der Waals surface area contributed by atoms with Gasteiger partial charge in [0.05, 0.1) is 18.0 Å². The van der Waals surface area contributed by atoms with Crippen molar-refractivity contribution in [2.45, 2.75) is 50.6 Å². The Morgan fingerprint density at radius 2 is 2.06 bits per heavy atom. The topological polar surface area (TPSA) is 100 Å². The molecule has 1 saturated heterocycles. The minimum absolute atomic E-state index is 0.291. The smallest absolute Gasteiger partial charge is 0.228 e. The third kappa shape index (κ3) is 3.57. The lowest BCUT2D eigenvalue weighted by Gasteiger charge is -2.34. The van der Waals surface area contributed by atoms with Gasteiger partial charge in [-0.15, -0.1) is 0 Å². The molecule has 0 bridgehead atoms. The Labute approximate surface area is 191 Å². The van der Waals surface area contributed by atoms with E-state index in [1.807, 2.05) is 29.0 Å². The molecular formula is C24H27N7O2. The van der Waals surface area contributed by atoms with Crippen LogP contribution >= 0.6 is 0 Å². The second-order valence-corrected chi connectivity index (χ2v) is 8.94. The van der Waals surface area contributed by atoms with Crippen LogP contribution in [-0.4, -0.2) is 61.1 Å². The van der Waals surface area contributed by atoms with E-state index in [9.17, 15) is 4.79 Å². The quantitative estimate of drug-likeness (QED) is 0.487. The third-order valence-electron chi connectivity index (χ3n) is 6.98. The number of ether oxygens (including phenoxy) is 1. The molecule has 4 aromatic heterocycles. The average molecular weight is 446 g/mol. The molecule has 1 aliphatic heterocycles. The maximum atomic E-state index is 12.1. The van der Waals surface area contributed by atoms with Crippen molar-refractivity contribution in [1.29, 1.82) is 0 Å². The fourth-order valence-corrected chi connectivity index (χ4v) is 5.30. The van der Waals surface area contributed by atoms with Crippen molar-refractivity contribution in [3.05, 3.63) is 36.8 Å². The molecule has 2 aliphatic rings. The minimum atomic E-state index is 0.291. The van der Waals surface area contributed by atoms with Crippen molar-refractivity contribution in [3.63, 3.8) is 0 Å². The van der Waals surface area contributed by atoms with Gasteiger partial charge in [0.25, 0.3) is 0 Å². The Hall–Kier alpha value is -3.62. The normalized spacial score (nSPS) is 21.2. The first-order chi connectivity index (χ1) is 16.2. The van der Waals surface area contributed by atoms with Gasteiger partial charge in [-0.05, 0) is 55.9 Å². The van der Waals surface area contributed by atoms with E-state index in [1.165, 1.54) is 0 Å². The van der Waals surface area contributed by atoms with Crippen LogP contribution in [0.1, 0.15) is 38.5 Å². The third-order valence-corrected chi connectivity index (χ3v) is 6.98. The number of methoxy groups -OCH3 is 1. The van der Waals surface area contributed by atoms with E-state index in [4.69, 9.17) is 9.72 Å². The van der Waals surface area contributed by atoms with Crippen molar-refractivity contribution in [1.82, 2.24) is 29.5 Å². The first-order valence-electron chi connectivity index (χ1n) is 11.6. The number of hydrogen-bond acceptors (Lipinski definition) is 6. The number of nitrogens with one attached hydrogen (secondary N) is 2. The van der Waals surface area contributed by atoms with Gasteiger partial charge in [-0.1, -0.05) is 0 Å². The predicted octanol–water partition coefficient (Wildman–Crippen LogP) is 3.63. The van der Waals surface area contributed by atoms with E-state index < -0.39 is 0 Å². The molecule has 2 N–H and O–H groups in total. The monoisotopic (exact) mass is 445 g/mol. The van der Waals surface area contributed by atoms with Crippen LogP contribution in [0.25, 0.3) is 27.7 Å². The van der Waals surface area contributed by atoms with Gasteiger partial charge in [0.2, 0.25) is 17.7 Å². The number of hydrogen-bond donors (Lipinski definition) is 2. The van der Waals surface area contributed by atoms with Gasteiger partial charge >= 0.3 is 0 Å². The highest BCUT2D eigenvalue weighted by Crippen LogP contribution is 2.35. The maximum Gasteiger partial charge on any atom is 0.228 e. The second kappa shape index (κ2) is 8.06. The summed E-state index contributed by atoms with van der Waals surface area (Å²) in [4.78, 5) is 26.9. The summed E-state index contributed by atoms with van der Waals surface area (Å²) in [5.41, 5.74) is 3.80. The zero-order valence-electron chi connectivity index (χ0n) is 18.6. The predicted molar refractivity (Wildman–Crippen MR) is 125 cm³/mol. The van der Waals surface area contributed by atoms with E-state index in [-0.39, 0.29) is 0 Å². The number of aromatic amines is 1. The largest absolute Gasteiger partial charge is 0.480 e. The molecule has 0 radical (unpaired) electrons. The number of carbonyl (C=O) groups excluding carboxylic acids is 1. The number of carbonyl (C=O) groups is 1. The average Bonchev–Trinajstić information content (AvgIpc) is 3.58. The van der Waals surface area contributed by atoms with Gasteiger partial charge in [-0.25, -0.2) is 4.52 Å². The number of likely N-dealkylation sites (tertiary alicyclic amines) is 1. The van der Waals surface area contributed by atoms with Crippen LogP contribution in [0, 0.1) is 0 Å². The van der Waals surface area contributed by atoms with Crippen molar-refractivity contribution in [2.75, 3.05) is 19.0 Å². The van der Waals surface area contributed by atoms with Gasteiger partial charge in [0, 0.05) is 49.2 Å². The highest BCUT2D eigenvalue weighted by molar-refractivity contribution is 5.98. The summed E-state index contributed by atoms with van der Waals surface area (Å²) in [6.07, 6.45) is 11.4. The maximum absolute atomic E-state index is 12.1. The first kappa shape index (κ1) is 20.0. The highest BCUT2D eigenvalue weighted by atomic mass is 16.5. The summed E-state index contributed by atoms with van der Waals surface area (Å²) in [5.74, 6) is 1.43. The van der Waals surface area contributed by atoms with Crippen LogP contribution in [-0.2, 0) is 4.79 Å². The summed E-state index contributed by atoms with van der Waals surface area (Å²) < 4.78 is 7.51. The molecule has 0 unspecified atom stereocenters. The van der Waals surface area contributed by atoms with Crippen molar-refractivity contribution >= 4 is 28.4 Å². The molecule has 0 aromatic carbocycles. The second-order valence-electron chi connectivity index (χ2n) is 8.94. The fourth-order valence-electron chi connectivity index (χ4n) is 5.30. The summed E-state index contributed by atoms with van der Waals surface area (Å²) in [6.45, 7) is 0.918. The summed E-state index contributed by atoms with van der Waals surface area (Å²) in [6, 6.07) is 6.76. The SMILES string of the molecule is COc1nc(NC2CCC(N3CCCC3=O)CC2)nc2[nH]cc(-c3ccn4nccc4c3)c12.